The van der Waals surface area contributed by atoms with E-state index in [2.05, 4.69) is 0 Å². The summed E-state index contributed by atoms with van der Waals surface area (Å²) in [6.45, 7) is 0.518. The molecule has 2 aromatic carbocycles. The van der Waals surface area contributed by atoms with E-state index >= 15 is 0 Å². The smallest absolute Gasteiger partial charge is 0.207 e. The van der Waals surface area contributed by atoms with Gasteiger partial charge in [0, 0.05) is 17.7 Å². The third-order valence-corrected chi connectivity index (χ3v) is 3.65. The normalized spacial score (nSPS) is 12.5. The third kappa shape index (κ3) is 1.41. The van der Waals surface area contributed by atoms with Gasteiger partial charge in [-0.05, 0) is 17.5 Å². The highest BCUT2D eigenvalue weighted by Gasteiger charge is 2.31. The van der Waals surface area contributed by atoms with Crippen molar-refractivity contribution in [3.8, 4) is 11.3 Å². The van der Waals surface area contributed by atoms with Crippen LogP contribution in [0.15, 0.2) is 48.7 Å². The van der Waals surface area contributed by atoms with Crippen LogP contribution in [0.1, 0.15) is 5.56 Å². The van der Waals surface area contributed by atoms with Gasteiger partial charge in [-0.3, -0.25) is 0 Å². The van der Waals surface area contributed by atoms with E-state index in [0.29, 0.717) is 17.7 Å². The van der Waals surface area contributed by atoms with E-state index in [1.54, 1.807) is 0 Å². The van der Waals surface area contributed by atoms with Crippen LogP contribution in [0.25, 0.3) is 22.0 Å². The van der Waals surface area contributed by atoms with Gasteiger partial charge in [0.25, 0.3) is 0 Å². The van der Waals surface area contributed by atoms with Gasteiger partial charge >= 0.3 is 0 Å². The topological polar surface area (TPSA) is 3.88 Å². The van der Waals surface area contributed by atoms with Gasteiger partial charge in [0.15, 0.2) is 12.7 Å². The molecule has 1 aliphatic heterocycles. The minimum Gasteiger partial charge on any atom is -0.207 e. The van der Waals surface area contributed by atoms with Crippen molar-refractivity contribution >= 4 is 10.8 Å². The predicted octanol–water partition coefficient (Wildman–Crippen LogP) is 3.43. The van der Waals surface area contributed by atoms with Gasteiger partial charge < -0.3 is 0 Å². The lowest BCUT2D eigenvalue weighted by Crippen LogP contribution is -2.31. The SMILES string of the molecule is Fc1cc(F)c2c(c1)C[n+]1ccc3ccccc3c1-2. The molecule has 0 amide bonds. The molecule has 92 valence electrons. The van der Waals surface area contributed by atoms with Crippen molar-refractivity contribution in [1.82, 2.24) is 0 Å². The number of hydrogen-bond acceptors (Lipinski definition) is 0. The molecule has 0 saturated carbocycles. The zero-order valence-corrected chi connectivity index (χ0v) is 10.0. The lowest BCUT2D eigenvalue weighted by Gasteiger charge is -2.01. The number of aromatic nitrogens is 1. The molecule has 1 nitrogen and oxygen atoms in total. The lowest BCUT2D eigenvalue weighted by atomic mass is 10.0. The Balaban J connectivity index is 2.15. The lowest BCUT2D eigenvalue weighted by molar-refractivity contribution is -0.671. The first-order valence-electron chi connectivity index (χ1n) is 6.13. The van der Waals surface area contributed by atoms with Gasteiger partial charge in [-0.25, -0.2) is 8.78 Å². The van der Waals surface area contributed by atoms with Gasteiger partial charge in [-0.2, -0.15) is 4.57 Å². The predicted molar refractivity (Wildman–Crippen MR) is 68.6 cm³/mol. The highest BCUT2D eigenvalue weighted by molar-refractivity contribution is 5.94. The first-order valence-corrected chi connectivity index (χ1v) is 6.13. The molecule has 1 aliphatic rings. The van der Waals surface area contributed by atoms with E-state index in [4.69, 9.17) is 0 Å². The first kappa shape index (κ1) is 10.6. The fourth-order valence-electron chi connectivity index (χ4n) is 2.87. The molecule has 0 fully saturated rings. The quantitative estimate of drug-likeness (QED) is 0.423. The van der Waals surface area contributed by atoms with Crippen molar-refractivity contribution in [2.75, 3.05) is 0 Å². The summed E-state index contributed by atoms with van der Waals surface area (Å²) in [5, 5.41) is 2.06. The van der Waals surface area contributed by atoms with E-state index in [0.717, 1.165) is 22.5 Å². The maximum absolute atomic E-state index is 14.1. The van der Waals surface area contributed by atoms with Crippen molar-refractivity contribution in [3.63, 3.8) is 0 Å². The Morgan fingerprint density at radius 1 is 1.00 bits per heavy atom. The largest absolute Gasteiger partial charge is 0.224 e. The molecule has 0 unspecified atom stereocenters. The molecule has 3 heteroatoms. The first-order chi connectivity index (χ1) is 9.24. The van der Waals surface area contributed by atoms with Crippen LogP contribution in [0.2, 0.25) is 0 Å². The molecule has 3 aromatic rings. The molecular weight excluding hydrogens is 244 g/mol. The van der Waals surface area contributed by atoms with Gasteiger partial charge in [-0.1, -0.05) is 18.2 Å². The number of pyridine rings is 1. The Morgan fingerprint density at radius 2 is 1.84 bits per heavy atom. The molecule has 1 aromatic heterocycles. The van der Waals surface area contributed by atoms with Crippen LogP contribution in [-0.4, -0.2) is 0 Å². The van der Waals surface area contributed by atoms with E-state index in [9.17, 15) is 8.78 Å². The van der Waals surface area contributed by atoms with Crippen LogP contribution >= 0.6 is 0 Å². The highest BCUT2D eigenvalue weighted by Crippen LogP contribution is 2.34. The van der Waals surface area contributed by atoms with Crippen LogP contribution in [0, 0.1) is 11.6 Å². The number of rotatable bonds is 0. The molecule has 0 saturated heterocycles. The second-order valence-electron chi connectivity index (χ2n) is 4.80. The molecule has 0 bridgehead atoms. The molecule has 0 atom stereocenters. The van der Waals surface area contributed by atoms with E-state index < -0.39 is 11.6 Å². The molecule has 0 spiro atoms. The summed E-state index contributed by atoms with van der Waals surface area (Å²) in [6.07, 6.45) is 1.93. The summed E-state index contributed by atoms with van der Waals surface area (Å²) in [7, 11) is 0. The van der Waals surface area contributed by atoms with Crippen molar-refractivity contribution < 1.29 is 13.3 Å². The molecular formula is C16H10F2N+. The van der Waals surface area contributed by atoms with Gasteiger partial charge in [0.05, 0.1) is 10.9 Å². The monoisotopic (exact) mass is 254 g/mol. The molecule has 19 heavy (non-hydrogen) atoms. The van der Waals surface area contributed by atoms with Crippen molar-refractivity contribution in [2.45, 2.75) is 6.54 Å². The summed E-state index contributed by atoms with van der Waals surface area (Å²) >= 11 is 0. The summed E-state index contributed by atoms with van der Waals surface area (Å²) in [6, 6.07) is 12.2. The van der Waals surface area contributed by atoms with Crippen molar-refractivity contribution in [1.29, 1.82) is 0 Å². The zero-order chi connectivity index (χ0) is 13.0. The van der Waals surface area contributed by atoms with Crippen LogP contribution < -0.4 is 4.57 Å². The average Bonchev–Trinajstić information content (AvgIpc) is 2.77. The average molecular weight is 254 g/mol. The maximum Gasteiger partial charge on any atom is 0.224 e. The number of nitrogens with zero attached hydrogens (tertiary/aromatic N) is 1. The van der Waals surface area contributed by atoms with Crippen LogP contribution in [-0.2, 0) is 6.54 Å². The Labute approximate surface area is 108 Å². The van der Waals surface area contributed by atoms with E-state index in [-0.39, 0.29) is 0 Å². The second kappa shape index (κ2) is 3.60. The van der Waals surface area contributed by atoms with Gasteiger partial charge in [0.1, 0.15) is 11.6 Å². The molecule has 0 N–H and O–H groups in total. The zero-order valence-electron chi connectivity index (χ0n) is 10.0. The summed E-state index contributed by atoms with van der Waals surface area (Å²) in [4.78, 5) is 0. The molecule has 0 aliphatic carbocycles. The fourth-order valence-corrected chi connectivity index (χ4v) is 2.87. The maximum atomic E-state index is 14.1. The minimum absolute atomic E-state index is 0.488. The minimum atomic E-state index is -0.519. The highest BCUT2D eigenvalue weighted by atomic mass is 19.1. The molecule has 0 radical (unpaired) electrons. The van der Waals surface area contributed by atoms with E-state index in [1.807, 2.05) is 41.1 Å². The second-order valence-corrected chi connectivity index (χ2v) is 4.80. The Bertz CT molecular complexity index is 824. The standard InChI is InChI=1S/C16H10F2N/c17-12-7-11-9-19-6-5-10-3-1-2-4-13(10)16(19)15(11)14(18)8-12/h1-8H,9H2/q+1. The van der Waals surface area contributed by atoms with Gasteiger partial charge in [0.2, 0.25) is 5.69 Å². The molecule has 2 heterocycles. The van der Waals surface area contributed by atoms with Crippen LogP contribution in [0.4, 0.5) is 8.78 Å². The number of halogens is 2. The Morgan fingerprint density at radius 3 is 2.74 bits per heavy atom. The number of hydrogen-bond donors (Lipinski definition) is 0. The summed E-state index contributed by atoms with van der Waals surface area (Å²) in [5.41, 5.74) is 2.07. The summed E-state index contributed by atoms with van der Waals surface area (Å²) in [5.74, 6) is -1.01. The summed E-state index contributed by atoms with van der Waals surface area (Å²) < 4.78 is 29.4. The van der Waals surface area contributed by atoms with Crippen molar-refractivity contribution in [3.05, 3.63) is 65.9 Å². The number of benzene rings is 2. The van der Waals surface area contributed by atoms with Gasteiger partial charge in [-0.15, -0.1) is 0 Å². The van der Waals surface area contributed by atoms with E-state index in [1.165, 1.54) is 6.07 Å². The van der Waals surface area contributed by atoms with Crippen LogP contribution in [0.3, 0.4) is 0 Å². The molecule has 4 rings (SSSR count). The van der Waals surface area contributed by atoms with Crippen molar-refractivity contribution in [2.24, 2.45) is 0 Å². The Kier molecular flexibility index (Phi) is 2.01. The van der Waals surface area contributed by atoms with Crippen LogP contribution in [0.5, 0.6) is 0 Å². The Hall–Kier alpha value is -2.29. The third-order valence-electron chi connectivity index (χ3n) is 3.65. The number of fused-ring (bicyclic) bond motifs is 5. The fraction of sp³-hybridized carbons (Fsp3) is 0.0625.